The van der Waals surface area contributed by atoms with E-state index in [1.807, 2.05) is 46.3 Å². The van der Waals surface area contributed by atoms with E-state index < -0.39 is 10.0 Å². The highest BCUT2D eigenvalue weighted by Crippen LogP contribution is 2.35. The number of hydrogen-bond donors (Lipinski definition) is 2. The van der Waals surface area contributed by atoms with Crippen LogP contribution in [0.1, 0.15) is 19.8 Å². The molecule has 0 bridgehead atoms. The maximum Gasteiger partial charge on any atom is 0.243 e. The first-order valence-electron chi connectivity index (χ1n) is 13.0. The molecule has 1 fully saturated rings. The molecular formula is C28H26ClN7O3S2. The quantitative estimate of drug-likeness (QED) is 0.254. The van der Waals surface area contributed by atoms with Crippen molar-refractivity contribution in [2.75, 3.05) is 23.7 Å². The van der Waals surface area contributed by atoms with Crippen molar-refractivity contribution in [3.63, 3.8) is 0 Å². The first-order chi connectivity index (χ1) is 19.8. The van der Waals surface area contributed by atoms with Crippen LogP contribution >= 0.6 is 22.9 Å². The summed E-state index contributed by atoms with van der Waals surface area (Å²) in [5.41, 5.74) is 3.70. The summed E-state index contributed by atoms with van der Waals surface area (Å²) in [5, 5.41) is 8.62. The number of thiazole rings is 1. The number of halogens is 1. The fourth-order valence-electron chi connectivity index (χ4n) is 4.96. The molecule has 2 N–H and O–H groups in total. The van der Waals surface area contributed by atoms with Crippen LogP contribution in [-0.2, 0) is 14.8 Å². The standard InChI is InChI=1S/C28H26ClN7O3S2/c1-18(37)31-21-5-2-4-19(16-21)25-26(36-14-15-40-28(36)34-25)24-11-12-30-27(33-24)32-22-6-3-13-35(17-22)41(38,39)23-9-7-20(29)8-10-23/h2,4-5,7-12,14-16,22H,3,6,13,17H2,1H3,(H,31,37)(H,30,32,33)/t22-/m1/s1. The van der Waals surface area contributed by atoms with Crippen LogP contribution in [0.2, 0.25) is 5.02 Å². The summed E-state index contributed by atoms with van der Waals surface area (Å²) in [5.74, 6) is 0.253. The van der Waals surface area contributed by atoms with Gasteiger partial charge in [0.05, 0.1) is 16.3 Å². The molecule has 4 heterocycles. The van der Waals surface area contributed by atoms with Gasteiger partial charge in [0.15, 0.2) is 4.96 Å². The third-order valence-corrected chi connectivity index (χ3v) is 9.67. The van der Waals surface area contributed by atoms with Gasteiger partial charge in [0.2, 0.25) is 21.9 Å². The monoisotopic (exact) mass is 607 g/mol. The van der Waals surface area contributed by atoms with Crippen molar-refractivity contribution < 1.29 is 13.2 Å². The first-order valence-corrected chi connectivity index (χ1v) is 15.7. The van der Waals surface area contributed by atoms with Crippen LogP contribution in [-0.4, -0.2) is 57.1 Å². The molecule has 1 saturated heterocycles. The lowest BCUT2D eigenvalue weighted by Gasteiger charge is -2.32. The lowest BCUT2D eigenvalue weighted by atomic mass is 10.1. The summed E-state index contributed by atoms with van der Waals surface area (Å²) >= 11 is 7.47. The lowest BCUT2D eigenvalue weighted by molar-refractivity contribution is -0.114. The third kappa shape index (κ3) is 5.68. The third-order valence-electron chi connectivity index (χ3n) is 6.79. The normalized spacial score (nSPS) is 16.1. The van der Waals surface area contributed by atoms with Gasteiger partial charge < -0.3 is 10.6 Å². The number of carbonyl (C=O) groups excluding carboxylic acids is 1. The van der Waals surface area contributed by atoms with E-state index >= 15 is 0 Å². The van der Waals surface area contributed by atoms with Gasteiger partial charge in [-0.3, -0.25) is 9.20 Å². The van der Waals surface area contributed by atoms with Crippen molar-refractivity contribution in [3.05, 3.63) is 77.4 Å². The average molecular weight is 608 g/mol. The average Bonchev–Trinajstić information content (AvgIpc) is 3.55. The molecule has 0 aliphatic carbocycles. The summed E-state index contributed by atoms with van der Waals surface area (Å²) in [6, 6.07) is 15.4. The van der Waals surface area contributed by atoms with Crippen molar-refractivity contribution in [2.24, 2.45) is 0 Å². The molecular weight excluding hydrogens is 582 g/mol. The van der Waals surface area contributed by atoms with Crippen LogP contribution in [0.3, 0.4) is 0 Å². The van der Waals surface area contributed by atoms with Gasteiger partial charge in [-0.25, -0.2) is 23.4 Å². The Morgan fingerprint density at radius 3 is 2.76 bits per heavy atom. The number of amides is 1. The van der Waals surface area contributed by atoms with Crippen molar-refractivity contribution in [1.82, 2.24) is 23.7 Å². The summed E-state index contributed by atoms with van der Waals surface area (Å²) < 4.78 is 30.0. The molecule has 1 aliphatic heterocycles. The number of anilines is 2. The molecule has 41 heavy (non-hydrogen) atoms. The number of rotatable bonds is 7. The van der Waals surface area contributed by atoms with E-state index in [-0.39, 0.29) is 16.8 Å². The van der Waals surface area contributed by atoms with Gasteiger partial charge in [0, 0.05) is 60.1 Å². The van der Waals surface area contributed by atoms with Crippen LogP contribution in [0.5, 0.6) is 0 Å². The summed E-state index contributed by atoms with van der Waals surface area (Å²) in [6.07, 6.45) is 5.11. The van der Waals surface area contributed by atoms with E-state index in [1.165, 1.54) is 34.7 Å². The molecule has 13 heteroatoms. The van der Waals surface area contributed by atoms with Gasteiger partial charge in [-0.2, -0.15) is 4.31 Å². The Morgan fingerprint density at radius 1 is 1.12 bits per heavy atom. The molecule has 0 saturated carbocycles. The largest absolute Gasteiger partial charge is 0.350 e. The van der Waals surface area contributed by atoms with Crippen molar-refractivity contribution in [2.45, 2.75) is 30.7 Å². The van der Waals surface area contributed by atoms with Crippen molar-refractivity contribution in [3.8, 4) is 22.6 Å². The van der Waals surface area contributed by atoms with Crippen molar-refractivity contribution >= 4 is 55.5 Å². The molecule has 0 spiro atoms. The van der Waals surface area contributed by atoms with Gasteiger partial charge in [0.1, 0.15) is 5.69 Å². The number of imidazole rings is 1. The number of carbonyl (C=O) groups is 1. The van der Waals surface area contributed by atoms with E-state index in [1.54, 1.807) is 18.3 Å². The predicted octanol–water partition coefficient (Wildman–Crippen LogP) is 5.40. The second kappa shape index (κ2) is 11.2. The maximum atomic E-state index is 13.3. The predicted molar refractivity (Wildman–Crippen MR) is 161 cm³/mol. The Morgan fingerprint density at radius 2 is 1.95 bits per heavy atom. The number of fused-ring (bicyclic) bond motifs is 1. The number of piperidine rings is 1. The second-order valence-electron chi connectivity index (χ2n) is 9.69. The molecule has 1 atom stereocenters. The minimum Gasteiger partial charge on any atom is -0.350 e. The SMILES string of the molecule is CC(=O)Nc1cccc(-c2nc3sccn3c2-c2ccnc(N[C@@H]3CCCN(S(=O)(=O)c4ccc(Cl)cc4)C3)n2)c1. The number of aromatic nitrogens is 4. The number of sulfonamides is 1. The zero-order valence-electron chi connectivity index (χ0n) is 22.0. The smallest absolute Gasteiger partial charge is 0.243 e. The molecule has 2 aromatic carbocycles. The highest BCUT2D eigenvalue weighted by Gasteiger charge is 2.30. The highest BCUT2D eigenvalue weighted by molar-refractivity contribution is 7.89. The van der Waals surface area contributed by atoms with E-state index in [0.717, 1.165) is 28.3 Å². The summed E-state index contributed by atoms with van der Waals surface area (Å²) in [6.45, 7) is 2.21. The lowest BCUT2D eigenvalue weighted by Crippen LogP contribution is -2.45. The maximum absolute atomic E-state index is 13.3. The number of nitrogens with zero attached hydrogens (tertiary/aromatic N) is 5. The second-order valence-corrected chi connectivity index (χ2v) is 12.9. The van der Waals surface area contributed by atoms with Gasteiger partial charge in [-0.1, -0.05) is 23.7 Å². The number of nitrogens with one attached hydrogen (secondary N) is 2. The van der Waals surface area contributed by atoms with Crippen LogP contribution < -0.4 is 10.6 Å². The van der Waals surface area contributed by atoms with Gasteiger partial charge >= 0.3 is 0 Å². The van der Waals surface area contributed by atoms with Crippen LogP contribution in [0.15, 0.2) is 77.3 Å². The molecule has 6 rings (SSSR count). The van der Waals surface area contributed by atoms with E-state index in [0.29, 0.717) is 41.9 Å². The van der Waals surface area contributed by atoms with Gasteiger partial charge in [0.25, 0.3) is 0 Å². The van der Waals surface area contributed by atoms with Crippen molar-refractivity contribution in [1.29, 1.82) is 0 Å². The van der Waals surface area contributed by atoms with E-state index in [9.17, 15) is 13.2 Å². The molecule has 1 amide bonds. The topological polar surface area (TPSA) is 122 Å². The minimum atomic E-state index is -3.66. The zero-order chi connectivity index (χ0) is 28.6. The summed E-state index contributed by atoms with van der Waals surface area (Å²) in [7, 11) is -3.66. The Balaban J connectivity index is 1.28. The number of hydrogen-bond acceptors (Lipinski definition) is 8. The number of benzene rings is 2. The first kappa shape index (κ1) is 27.3. The van der Waals surface area contributed by atoms with E-state index in [2.05, 4.69) is 15.6 Å². The molecule has 1 aliphatic rings. The molecule has 0 radical (unpaired) electrons. The Kier molecular flexibility index (Phi) is 7.47. The van der Waals surface area contributed by atoms with Gasteiger partial charge in [-0.05, 0) is 55.3 Å². The molecule has 210 valence electrons. The fraction of sp³-hybridized carbons (Fsp3) is 0.214. The highest BCUT2D eigenvalue weighted by atomic mass is 35.5. The van der Waals surface area contributed by atoms with Crippen LogP contribution in [0, 0.1) is 0 Å². The fourth-order valence-corrected chi connectivity index (χ4v) is 7.32. The Bertz CT molecular complexity index is 1840. The van der Waals surface area contributed by atoms with Crippen LogP contribution in [0.25, 0.3) is 27.6 Å². The minimum absolute atomic E-state index is 0.151. The van der Waals surface area contributed by atoms with Gasteiger partial charge in [-0.15, -0.1) is 11.3 Å². The Labute approximate surface area is 246 Å². The molecule has 3 aromatic heterocycles. The van der Waals surface area contributed by atoms with Crippen LogP contribution in [0.4, 0.5) is 11.6 Å². The van der Waals surface area contributed by atoms with E-state index in [4.69, 9.17) is 21.6 Å². The zero-order valence-corrected chi connectivity index (χ0v) is 24.4. The molecule has 0 unspecified atom stereocenters. The molecule has 5 aromatic rings. The molecule has 10 nitrogen and oxygen atoms in total. The Hall–Kier alpha value is -3.84. The summed E-state index contributed by atoms with van der Waals surface area (Å²) in [4.78, 5) is 26.8.